The van der Waals surface area contributed by atoms with Gasteiger partial charge in [-0.25, -0.2) is 0 Å². The minimum atomic E-state index is 0. The van der Waals surface area contributed by atoms with Crippen molar-refractivity contribution in [2.45, 2.75) is 0 Å². The van der Waals surface area contributed by atoms with Gasteiger partial charge in [0.25, 0.3) is 0 Å². The fraction of sp³-hybridized carbons (Fsp3) is 0. The molecule has 0 amide bonds. The first-order chi connectivity index (χ1) is 0. The van der Waals surface area contributed by atoms with Crippen molar-refractivity contribution in [1.82, 2.24) is 0 Å². The van der Waals surface area contributed by atoms with E-state index in [4.69, 9.17) is 0 Å². The molecule has 0 fully saturated rings. The summed E-state index contributed by atoms with van der Waals surface area (Å²) in [7, 11) is 0. The molecule has 0 bridgehead atoms. The first kappa shape index (κ1) is 594. The van der Waals surface area contributed by atoms with Gasteiger partial charge >= 0.3 is 149 Å². The Morgan fingerprint density at radius 1 is 0.211 bits per heavy atom. The Balaban J connectivity index is 0. The molecule has 19 heteroatoms. The van der Waals surface area contributed by atoms with E-state index in [2.05, 4.69) is 0 Å². The van der Waals surface area contributed by atoms with Crippen molar-refractivity contribution in [2.24, 2.45) is 0 Å². The summed E-state index contributed by atoms with van der Waals surface area (Å²) in [6, 6.07) is 0. The Kier molecular flexibility index (Phi) is 16200. The van der Waals surface area contributed by atoms with Gasteiger partial charge in [-0.1, -0.05) is 0 Å². The van der Waals surface area contributed by atoms with E-state index in [1.54, 1.807) is 0 Å². The molecular formula is Hf2Nb2O13Zr2. The van der Waals surface area contributed by atoms with Crippen LogP contribution in [0.4, 0.5) is 0 Å². The molecular weight excluding hydrogens is 933 g/mol. The Bertz CT molecular complexity index is 26.6. The second-order valence-corrected chi connectivity index (χ2v) is 0. The van der Waals surface area contributed by atoms with E-state index in [1.807, 2.05) is 0 Å². The maximum atomic E-state index is 0. The molecule has 0 aliphatic rings. The Labute approximate surface area is 216 Å². The van der Waals surface area contributed by atoms with Crippen LogP contribution in [0, 0.1) is 0 Å². The monoisotopic (exact) mass is 933 g/mol. The van der Waals surface area contributed by atoms with Gasteiger partial charge in [0.1, 0.15) is 0 Å². The maximum absolute atomic E-state index is 0. The molecule has 0 atom stereocenters. The molecule has 0 saturated heterocycles. The summed E-state index contributed by atoms with van der Waals surface area (Å²) in [5.74, 6) is 0. The summed E-state index contributed by atoms with van der Waals surface area (Å²) in [6.45, 7) is 0. The van der Waals surface area contributed by atoms with Crippen LogP contribution >= 0.6 is 0 Å². The van der Waals surface area contributed by atoms with Gasteiger partial charge < -0.3 is 71.2 Å². The normalized spacial score (nSPS) is 0. The van der Waals surface area contributed by atoms with Gasteiger partial charge in [0, 0.05) is 0 Å². The van der Waals surface area contributed by atoms with Gasteiger partial charge in [0.05, 0.1) is 0 Å². The molecule has 0 aliphatic heterocycles. The van der Waals surface area contributed by atoms with Crippen LogP contribution in [-0.2, 0) is 220 Å². The minimum Gasteiger partial charge on any atom is -2.00 e. The molecule has 0 heterocycles. The first-order valence-electron chi connectivity index (χ1n) is 0. The third-order valence-electron chi connectivity index (χ3n) is 0. The average molecular weight is 933 g/mol. The van der Waals surface area contributed by atoms with E-state index in [1.165, 1.54) is 0 Å². The SMILES string of the molecule is [Hf+4].[Hf+4].[Nb+5].[Nb+5].[O-2].[O-2].[O-2].[O-2].[O-2].[O-2].[O-2].[O-2].[O-2].[O-2].[O-2].[O-2].[O-2].[Zr+4].[Zr+4]. The van der Waals surface area contributed by atoms with Crippen molar-refractivity contribution < 1.29 is 220 Å². The van der Waals surface area contributed by atoms with Crippen molar-refractivity contribution in [3.63, 3.8) is 0 Å². The van der Waals surface area contributed by atoms with Gasteiger partial charge in [0.15, 0.2) is 0 Å². The molecule has 0 aromatic carbocycles. The third kappa shape index (κ3) is 472. The largest absolute Gasteiger partial charge is 5.00 e. The molecule has 0 aromatic heterocycles. The fourth-order valence-electron chi connectivity index (χ4n) is 0. The van der Waals surface area contributed by atoms with Gasteiger partial charge in [-0.3, -0.25) is 0 Å². The van der Waals surface area contributed by atoms with Gasteiger partial charge in [0.2, 0.25) is 0 Å². The van der Waals surface area contributed by atoms with Gasteiger partial charge in [-0.05, 0) is 0 Å². The van der Waals surface area contributed by atoms with E-state index in [0.29, 0.717) is 0 Å². The van der Waals surface area contributed by atoms with Crippen molar-refractivity contribution in [3.05, 3.63) is 0 Å². The smallest absolute Gasteiger partial charge is 2.00 e. The molecule has 19 heavy (non-hydrogen) atoms. The third-order valence-corrected chi connectivity index (χ3v) is 0. The zero-order valence-electron chi connectivity index (χ0n) is 8.20. The van der Waals surface area contributed by atoms with Gasteiger partial charge in [-0.2, -0.15) is 0 Å². The zero-order valence-corrected chi connectivity index (χ0v) is 24.7. The average Bonchev–Trinajstić information content (AvgIpc) is 0. The topological polar surface area (TPSA) is 370 Å². The molecule has 0 rings (SSSR count). The quantitative estimate of drug-likeness (QED) is 0.249. The molecule has 0 N–H and O–H groups in total. The van der Waals surface area contributed by atoms with Crippen LogP contribution in [-0.4, -0.2) is 0 Å². The summed E-state index contributed by atoms with van der Waals surface area (Å²) in [4.78, 5) is 0. The molecule has 104 valence electrons. The van der Waals surface area contributed by atoms with Crippen molar-refractivity contribution in [2.75, 3.05) is 0 Å². The van der Waals surface area contributed by atoms with Gasteiger partial charge in [-0.15, -0.1) is 0 Å². The molecule has 0 spiro atoms. The zero-order chi connectivity index (χ0) is 0. The van der Waals surface area contributed by atoms with Crippen molar-refractivity contribution in [3.8, 4) is 0 Å². The molecule has 0 saturated carbocycles. The Hall–Kier alpha value is 4.47. The summed E-state index contributed by atoms with van der Waals surface area (Å²) in [5, 5.41) is 0. The van der Waals surface area contributed by atoms with E-state index in [9.17, 15) is 0 Å². The first-order valence-corrected chi connectivity index (χ1v) is 0. The molecule has 0 aliphatic carbocycles. The van der Waals surface area contributed by atoms with E-state index < -0.39 is 0 Å². The molecule has 0 unspecified atom stereocenters. The standard InChI is InChI=1S/2Hf.2Nb.13O.2Zr/q2*+4;2*+5;13*-2;2*+4. The number of hydrogen-bond acceptors (Lipinski definition) is 0. The summed E-state index contributed by atoms with van der Waals surface area (Å²) < 4.78 is 0. The second kappa shape index (κ2) is 519. The molecule has 13 nitrogen and oxygen atoms in total. The van der Waals surface area contributed by atoms with Crippen LogP contribution in [0.15, 0.2) is 0 Å². The summed E-state index contributed by atoms with van der Waals surface area (Å²) >= 11 is 0. The minimum absolute atomic E-state index is 0. The Morgan fingerprint density at radius 2 is 0.211 bits per heavy atom. The molecule has 0 radical (unpaired) electrons. The fourth-order valence-corrected chi connectivity index (χ4v) is 0. The predicted octanol–water partition coefficient (Wildman–Crippen LogP) is -1.56. The van der Waals surface area contributed by atoms with E-state index in [0.717, 1.165) is 0 Å². The van der Waals surface area contributed by atoms with E-state index >= 15 is 0 Å². The van der Waals surface area contributed by atoms with Crippen LogP contribution in [0.3, 0.4) is 0 Å². The maximum Gasteiger partial charge on any atom is 5.00 e. The number of rotatable bonds is 0. The van der Waals surface area contributed by atoms with Crippen LogP contribution < -0.4 is 0 Å². The van der Waals surface area contributed by atoms with E-state index in [-0.39, 0.29) is 220 Å². The predicted molar refractivity (Wildman–Crippen MR) is 8.92 cm³/mol. The summed E-state index contributed by atoms with van der Waals surface area (Å²) in [6.07, 6.45) is 0. The van der Waals surface area contributed by atoms with Crippen LogP contribution in [0.5, 0.6) is 0 Å². The second-order valence-electron chi connectivity index (χ2n) is 0. The molecule has 0 aromatic rings. The van der Waals surface area contributed by atoms with Crippen molar-refractivity contribution >= 4 is 0 Å². The summed E-state index contributed by atoms with van der Waals surface area (Å²) in [5.41, 5.74) is 0. The number of hydrogen-bond donors (Lipinski definition) is 0. The van der Waals surface area contributed by atoms with Crippen LogP contribution in [0.2, 0.25) is 0 Å². The van der Waals surface area contributed by atoms with Crippen molar-refractivity contribution in [1.29, 1.82) is 0 Å². The van der Waals surface area contributed by atoms with Crippen LogP contribution in [0.25, 0.3) is 0 Å². The Morgan fingerprint density at radius 3 is 0.211 bits per heavy atom. The van der Waals surface area contributed by atoms with Crippen LogP contribution in [0.1, 0.15) is 0 Å².